The third-order valence-corrected chi connectivity index (χ3v) is 7.46. The minimum atomic E-state index is -0.0467. The first-order valence-electron chi connectivity index (χ1n) is 13.6. The van der Waals surface area contributed by atoms with Crippen LogP contribution in [-0.2, 0) is 35.8 Å². The van der Waals surface area contributed by atoms with Crippen molar-refractivity contribution in [3.05, 3.63) is 105 Å². The molecule has 2 aliphatic heterocycles. The van der Waals surface area contributed by atoms with Gasteiger partial charge in [0.1, 0.15) is 0 Å². The molecule has 0 radical (unpaired) electrons. The number of carbonyl (C=O) groups is 2. The van der Waals surface area contributed by atoms with E-state index in [4.69, 9.17) is 44.3 Å². The van der Waals surface area contributed by atoms with Gasteiger partial charge >= 0.3 is 0 Å². The highest BCUT2D eigenvalue weighted by atomic mass is 35.5. The molecule has 0 spiro atoms. The van der Waals surface area contributed by atoms with E-state index in [2.05, 4.69) is 16.5 Å². The molecule has 2 aromatic carbocycles. The Kier molecular flexibility index (Phi) is 11.2. The molecule has 0 saturated heterocycles. The van der Waals surface area contributed by atoms with Crippen molar-refractivity contribution in [1.29, 1.82) is 0 Å². The lowest BCUT2D eigenvalue weighted by molar-refractivity contribution is 0.0779. The molecule has 4 heterocycles. The second-order valence-electron chi connectivity index (χ2n) is 9.89. The van der Waals surface area contributed by atoms with Crippen molar-refractivity contribution in [3.8, 4) is 11.4 Å². The van der Waals surface area contributed by atoms with Gasteiger partial charge in [0.2, 0.25) is 0 Å². The largest absolute Gasteiger partial charge is 0.378 e. The number of benzene rings is 2. The lowest BCUT2D eigenvalue weighted by atomic mass is 10.1. The van der Waals surface area contributed by atoms with Crippen LogP contribution in [0.5, 0.6) is 0 Å². The summed E-state index contributed by atoms with van der Waals surface area (Å²) >= 11 is 16.8. The van der Waals surface area contributed by atoms with Crippen LogP contribution in [0.3, 0.4) is 0 Å². The summed E-state index contributed by atoms with van der Waals surface area (Å²) in [7, 11) is 5.18. The fraction of sp³-hybridized carbons (Fsp3) is 0.290. The highest BCUT2D eigenvalue weighted by Gasteiger charge is 2.27. The molecular weight excluding hydrogens is 627 g/mol. The Balaban J connectivity index is 0.000000185. The molecule has 10 nitrogen and oxygen atoms in total. The quantitative estimate of drug-likeness (QED) is 0.251. The average Bonchev–Trinajstić information content (AvgIpc) is 3.54. The standard InChI is InChI=1S/C15H16ClN3O2.C14H14ClN3O2.C2H3Cl/c1-3-21-8-12-14-7-18(2)15(20)11-6-10(16)4-5-13(11)19(14)9-17-12;1-17-6-13-11(7-20-2)16-8-18(13)12-4-3-9(15)5-10(12)14(17)19;1-2-3/h4-6,9H,3,7-8H2,1-2H3;3-5,8H,6-7H2,1-2H3;2H,1H2. The summed E-state index contributed by atoms with van der Waals surface area (Å²) in [6, 6.07) is 10.7. The van der Waals surface area contributed by atoms with Gasteiger partial charge in [0.15, 0.2) is 0 Å². The predicted molar refractivity (Wildman–Crippen MR) is 171 cm³/mol. The maximum absolute atomic E-state index is 12.5. The number of imidazole rings is 2. The first kappa shape index (κ1) is 33.2. The number of halogens is 3. The maximum atomic E-state index is 12.5. The summed E-state index contributed by atoms with van der Waals surface area (Å²) in [5.74, 6) is -0.0897. The van der Waals surface area contributed by atoms with Gasteiger partial charge in [-0.1, -0.05) is 41.4 Å². The van der Waals surface area contributed by atoms with E-state index >= 15 is 0 Å². The Labute approximate surface area is 271 Å². The number of methoxy groups -OCH3 is 1. The molecule has 0 fully saturated rings. The Hall–Kier alpha value is -3.67. The molecule has 0 aliphatic carbocycles. The zero-order valence-corrected chi connectivity index (χ0v) is 27.2. The van der Waals surface area contributed by atoms with Crippen molar-refractivity contribution in [2.75, 3.05) is 27.8 Å². The fourth-order valence-electron chi connectivity index (χ4n) is 4.93. The molecule has 13 heteroatoms. The third kappa shape index (κ3) is 7.00. The minimum Gasteiger partial charge on any atom is -0.378 e. The second kappa shape index (κ2) is 14.9. The van der Waals surface area contributed by atoms with Crippen LogP contribution in [-0.4, -0.2) is 68.5 Å². The highest BCUT2D eigenvalue weighted by Crippen LogP contribution is 2.29. The fourth-order valence-corrected chi connectivity index (χ4v) is 5.28. The van der Waals surface area contributed by atoms with Gasteiger partial charge in [-0.2, -0.15) is 0 Å². The number of ether oxygens (including phenoxy) is 2. The number of carbonyl (C=O) groups excluding carboxylic acids is 2. The van der Waals surface area contributed by atoms with Gasteiger partial charge < -0.3 is 28.4 Å². The topological polar surface area (TPSA) is 94.7 Å². The van der Waals surface area contributed by atoms with Gasteiger partial charge in [-0.05, 0) is 48.9 Å². The van der Waals surface area contributed by atoms with E-state index in [1.165, 1.54) is 5.54 Å². The van der Waals surface area contributed by atoms with Gasteiger partial charge in [-0.3, -0.25) is 9.59 Å². The van der Waals surface area contributed by atoms with Gasteiger partial charge in [0.05, 0.1) is 84.2 Å². The number of fused-ring (bicyclic) bond motifs is 6. The summed E-state index contributed by atoms with van der Waals surface area (Å²) in [5.41, 5.74) is 7.63. The Bertz CT molecular complexity index is 1670. The molecule has 0 N–H and O–H groups in total. The Morgan fingerprint density at radius 1 is 0.841 bits per heavy atom. The van der Waals surface area contributed by atoms with Gasteiger partial charge in [-0.25, -0.2) is 9.97 Å². The molecule has 0 atom stereocenters. The number of rotatable bonds is 5. The zero-order valence-electron chi connectivity index (χ0n) is 24.9. The monoisotopic (exact) mass is 658 g/mol. The molecule has 2 amide bonds. The van der Waals surface area contributed by atoms with Crippen molar-refractivity contribution in [1.82, 2.24) is 28.9 Å². The van der Waals surface area contributed by atoms with E-state index in [0.29, 0.717) is 54.1 Å². The summed E-state index contributed by atoms with van der Waals surface area (Å²) < 4.78 is 14.5. The van der Waals surface area contributed by atoms with Gasteiger partial charge in [0.25, 0.3) is 11.8 Å². The lowest BCUT2D eigenvalue weighted by Crippen LogP contribution is -2.25. The highest BCUT2D eigenvalue weighted by molar-refractivity contribution is 6.31. The van der Waals surface area contributed by atoms with E-state index in [-0.39, 0.29) is 11.8 Å². The molecule has 232 valence electrons. The smallest absolute Gasteiger partial charge is 0.256 e. The van der Waals surface area contributed by atoms with E-state index < -0.39 is 0 Å². The van der Waals surface area contributed by atoms with E-state index in [9.17, 15) is 9.59 Å². The number of nitrogens with zero attached hydrogens (tertiary/aromatic N) is 6. The number of aromatic nitrogens is 4. The SMILES string of the molecule is C=CCl.CCOCc1ncn2c1CN(C)C(=O)c1cc(Cl)ccc1-2.COCc1ncn2c1CN(C)C(=O)c1cc(Cl)ccc1-2. The molecule has 6 rings (SSSR count). The van der Waals surface area contributed by atoms with Gasteiger partial charge in [-0.15, -0.1) is 0 Å². The van der Waals surface area contributed by atoms with Crippen molar-refractivity contribution in [2.45, 2.75) is 33.2 Å². The van der Waals surface area contributed by atoms with Crippen molar-refractivity contribution < 1.29 is 19.1 Å². The molecule has 0 bridgehead atoms. The molecule has 4 aromatic rings. The van der Waals surface area contributed by atoms with Crippen LogP contribution in [0.1, 0.15) is 50.4 Å². The van der Waals surface area contributed by atoms with Crippen LogP contribution in [0.4, 0.5) is 0 Å². The number of hydrogen-bond acceptors (Lipinski definition) is 6. The Morgan fingerprint density at radius 3 is 1.68 bits per heavy atom. The van der Waals surface area contributed by atoms with E-state index in [1.807, 2.05) is 28.2 Å². The average molecular weight is 660 g/mol. The third-order valence-electron chi connectivity index (χ3n) is 6.99. The Morgan fingerprint density at radius 2 is 1.27 bits per heavy atom. The minimum absolute atomic E-state index is 0.0430. The predicted octanol–water partition coefficient (Wildman–Crippen LogP) is 6.27. The van der Waals surface area contributed by atoms with Crippen LogP contribution in [0.2, 0.25) is 10.0 Å². The molecule has 2 aliphatic rings. The van der Waals surface area contributed by atoms with Crippen LogP contribution in [0.15, 0.2) is 61.2 Å². The van der Waals surface area contributed by atoms with Crippen molar-refractivity contribution in [3.63, 3.8) is 0 Å². The molecule has 2 aromatic heterocycles. The molecular formula is C31H33Cl3N6O4. The van der Waals surface area contributed by atoms with E-state index in [0.717, 1.165) is 34.2 Å². The summed E-state index contributed by atoms with van der Waals surface area (Å²) in [4.78, 5) is 37.0. The lowest BCUT2D eigenvalue weighted by Gasteiger charge is -2.14. The van der Waals surface area contributed by atoms with Crippen LogP contribution >= 0.6 is 34.8 Å². The van der Waals surface area contributed by atoms with Crippen LogP contribution in [0, 0.1) is 0 Å². The summed E-state index contributed by atoms with van der Waals surface area (Å²) in [6.07, 6.45) is 3.46. The number of hydrogen-bond donors (Lipinski definition) is 0. The van der Waals surface area contributed by atoms with Crippen molar-refractivity contribution in [2.24, 2.45) is 0 Å². The number of amides is 2. The normalized spacial score (nSPS) is 13.2. The van der Waals surface area contributed by atoms with Crippen molar-refractivity contribution >= 4 is 46.6 Å². The maximum Gasteiger partial charge on any atom is 0.256 e. The first-order valence-corrected chi connectivity index (χ1v) is 14.8. The molecule has 44 heavy (non-hydrogen) atoms. The zero-order chi connectivity index (χ0) is 32.0. The van der Waals surface area contributed by atoms with Gasteiger partial charge in [0, 0.05) is 37.9 Å². The first-order chi connectivity index (χ1) is 21.1. The summed E-state index contributed by atoms with van der Waals surface area (Å²) in [6.45, 7) is 7.56. The second-order valence-corrected chi connectivity index (χ2v) is 11.1. The molecule has 0 unspecified atom stereocenters. The molecule has 0 saturated carbocycles. The van der Waals surface area contributed by atoms with Crippen LogP contribution < -0.4 is 0 Å². The summed E-state index contributed by atoms with van der Waals surface area (Å²) in [5, 5.41) is 1.10. The van der Waals surface area contributed by atoms with Crippen LogP contribution in [0.25, 0.3) is 11.4 Å². The van der Waals surface area contributed by atoms with E-state index in [1.54, 1.807) is 67.9 Å².